The van der Waals surface area contributed by atoms with Crippen molar-refractivity contribution in [2.24, 2.45) is 0 Å². The largest absolute Gasteiger partial charge is 0.392 e. The maximum atomic E-state index is 9.46. The van der Waals surface area contributed by atoms with Gasteiger partial charge in [-0.15, -0.1) is 0 Å². The van der Waals surface area contributed by atoms with Gasteiger partial charge < -0.3 is 5.11 Å². The highest BCUT2D eigenvalue weighted by molar-refractivity contribution is 5.08. The molecule has 1 fully saturated rings. The zero-order valence-electron chi connectivity index (χ0n) is 11.3. The Balaban J connectivity index is 1.85. The van der Waals surface area contributed by atoms with Crippen molar-refractivity contribution >= 4 is 0 Å². The number of aliphatic hydroxyl groups excluding tert-OH is 1. The fourth-order valence-electron chi connectivity index (χ4n) is 2.57. The molecule has 2 atom stereocenters. The second-order valence-corrected chi connectivity index (χ2v) is 5.29. The minimum atomic E-state index is -0.239. The molecule has 0 aliphatic carbocycles. The number of aromatic nitrogens is 1. The summed E-state index contributed by atoms with van der Waals surface area (Å²) in [5.74, 6) is 0. The van der Waals surface area contributed by atoms with Gasteiger partial charge in [0.25, 0.3) is 0 Å². The van der Waals surface area contributed by atoms with E-state index >= 15 is 0 Å². The Morgan fingerprint density at radius 1 is 1.50 bits per heavy atom. The van der Waals surface area contributed by atoms with Crippen LogP contribution in [0.15, 0.2) is 24.5 Å². The van der Waals surface area contributed by atoms with Gasteiger partial charge in [0.15, 0.2) is 0 Å². The predicted molar refractivity (Wildman–Crippen MR) is 72.2 cm³/mol. The van der Waals surface area contributed by atoms with Crippen molar-refractivity contribution in [2.45, 2.75) is 32.5 Å². The van der Waals surface area contributed by atoms with E-state index in [1.54, 1.807) is 0 Å². The molecule has 0 aromatic carbocycles. The van der Waals surface area contributed by atoms with Crippen LogP contribution in [0.3, 0.4) is 0 Å². The lowest BCUT2D eigenvalue weighted by Crippen LogP contribution is -2.53. The average Bonchev–Trinajstić information content (AvgIpc) is 2.33. The van der Waals surface area contributed by atoms with E-state index < -0.39 is 0 Å². The Bertz CT molecular complexity index is 355. The van der Waals surface area contributed by atoms with E-state index in [-0.39, 0.29) is 6.10 Å². The molecule has 2 heterocycles. The molecular formula is C14H23N3O. The molecule has 4 heteroatoms. The van der Waals surface area contributed by atoms with Gasteiger partial charge in [-0.1, -0.05) is 6.07 Å². The van der Waals surface area contributed by atoms with Crippen LogP contribution in [-0.2, 0) is 6.54 Å². The van der Waals surface area contributed by atoms with Gasteiger partial charge in [0.05, 0.1) is 6.10 Å². The summed E-state index contributed by atoms with van der Waals surface area (Å²) in [6.45, 7) is 9.00. The molecule has 1 aromatic heterocycles. The third-order valence-electron chi connectivity index (χ3n) is 3.48. The molecule has 1 N–H and O–H groups in total. The first kappa shape index (κ1) is 13.5. The van der Waals surface area contributed by atoms with Crippen molar-refractivity contribution in [3.8, 4) is 0 Å². The predicted octanol–water partition coefficient (Wildman–Crippen LogP) is 0.968. The molecule has 100 valence electrons. The highest BCUT2D eigenvalue weighted by Crippen LogP contribution is 2.12. The van der Waals surface area contributed by atoms with Gasteiger partial charge in [-0.2, -0.15) is 0 Å². The SMILES string of the molecule is C[C@H](O)CN1CCN(Cc2cccnc2)C[C@H]1C. The number of nitrogens with zero attached hydrogens (tertiary/aromatic N) is 3. The van der Waals surface area contributed by atoms with Crippen LogP contribution in [0.5, 0.6) is 0 Å². The van der Waals surface area contributed by atoms with E-state index in [9.17, 15) is 5.11 Å². The first-order valence-electron chi connectivity index (χ1n) is 6.68. The van der Waals surface area contributed by atoms with Gasteiger partial charge in [0.1, 0.15) is 0 Å². The fourth-order valence-corrected chi connectivity index (χ4v) is 2.57. The molecule has 2 rings (SSSR count). The maximum Gasteiger partial charge on any atom is 0.0639 e. The molecule has 0 bridgehead atoms. The standard InChI is InChI=1S/C14H23N3O/c1-12-9-16(6-7-17(12)10-13(2)18)11-14-4-3-5-15-8-14/h3-5,8,12-13,18H,6-7,9-11H2,1-2H3/t12-,13+/m1/s1. The Morgan fingerprint density at radius 3 is 2.94 bits per heavy atom. The van der Waals surface area contributed by atoms with E-state index in [1.165, 1.54) is 5.56 Å². The molecule has 0 unspecified atom stereocenters. The van der Waals surface area contributed by atoms with Crippen LogP contribution in [0.1, 0.15) is 19.4 Å². The monoisotopic (exact) mass is 249 g/mol. The molecule has 1 aliphatic rings. The fraction of sp³-hybridized carbons (Fsp3) is 0.643. The van der Waals surface area contributed by atoms with Gasteiger partial charge >= 0.3 is 0 Å². The number of pyridine rings is 1. The third-order valence-corrected chi connectivity index (χ3v) is 3.48. The average molecular weight is 249 g/mol. The van der Waals surface area contributed by atoms with Crippen LogP contribution in [-0.4, -0.2) is 58.2 Å². The minimum Gasteiger partial charge on any atom is -0.392 e. The number of aliphatic hydroxyl groups is 1. The van der Waals surface area contributed by atoms with Crippen LogP contribution >= 0.6 is 0 Å². The van der Waals surface area contributed by atoms with Crippen LogP contribution in [0.2, 0.25) is 0 Å². The van der Waals surface area contributed by atoms with Crippen molar-refractivity contribution in [1.82, 2.24) is 14.8 Å². The van der Waals surface area contributed by atoms with E-state index in [0.717, 1.165) is 32.7 Å². The van der Waals surface area contributed by atoms with Gasteiger partial charge in [0.2, 0.25) is 0 Å². The Labute approximate surface area is 109 Å². The Kier molecular flexibility index (Phi) is 4.69. The highest BCUT2D eigenvalue weighted by Gasteiger charge is 2.24. The molecule has 1 aromatic rings. The van der Waals surface area contributed by atoms with Gasteiger partial charge in [-0.3, -0.25) is 14.8 Å². The van der Waals surface area contributed by atoms with Crippen molar-refractivity contribution in [1.29, 1.82) is 0 Å². The number of rotatable bonds is 4. The first-order valence-corrected chi connectivity index (χ1v) is 6.68. The Hall–Kier alpha value is -0.970. The van der Waals surface area contributed by atoms with Crippen LogP contribution < -0.4 is 0 Å². The minimum absolute atomic E-state index is 0.239. The highest BCUT2D eigenvalue weighted by atomic mass is 16.3. The van der Waals surface area contributed by atoms with Gasteiger partial charge in [-0.25, -0.2) is 0 Å². The molecular weight excluding hydrogens is 226 g/mol. The van der Waals surface area contributed by atoms with Crippen LogP contribution in [0, 0.1) is 0 Å². The molecule has 0 spiro atoms. The summed E-state index contributed by atoms with van der Waals surface area (Å²) in [5, 5.41) is 9.46. The summed E-state index contributed by atoms with van der Waals surface area (Å²) in [4.78, 5) is 8.98. The molecule has 18 heavy (non-hydrogen) atoms. The van der Waals surface area contributed by atoms with Gasteiger partial charge in [-0.05, 0) is 25.5 Å². The maximum absolute atomic E-state index is 9.46. The summed E-state index contributed by atoms with van der Waals surface area (Å²) in [6, 6.07) is 4.62. The number of β-amino-alcohol motifs (C(OH)–C–C–N with tert-alkyl or cyclic N) is 1. The number of piperazine rings is 1. The summed E-state index contributed by atoms with van der Waals surface area (Å²) >= 11 is 0. The van der Waals surface area contributed by atoms with E-state index in [2.05, 4.69) is 27.8 Å². The molecule has 0 saturated carbocycles. The third kappa shape index (κ3) is 3.77. The first-order chi connectivity index (χ1) is 8.65. The summed E-state index contributed by atoms with van der Waals surface area (Å²) in [7, 11) is 0. The second kappa shape index (κ2) is 6.27. The van der Waals surface area contributed by atoms with E-state index in [1.807, 2.05) is 25.4 Å². The summed E-state index contributed by atoms with van der Waals surface area (Å²) in [5.41, 5.74) is 1.27. The van der Waals surface area contributed by atoms with Crippen LogP contribution in [0.25, 0.3) is 0 Å². The molecule has 0 amide bonds. The smallest absolute Gasteiger partial charge is 0.0639 e. The number of hydrogen-bond acceptors (Lipinski definition) is 4. The lowest BCUT2D eigenvalue weighted by molar-refractivity contribution is 0.0422. The lowest BCUT2D eigenvalue weighted by Gasteiger charge is -2.40. The zero-order chi connectivity index (χ0) is 13.0. The van der Waals surface area contributed by atoms with Crippen molar-refractivity contribution in [3.05, 3.63) is 30.1 Å². The quantitative estimate of drug-likeness (QED) is 0.863. The van der Waals surface area contributed by atoms with Crippen molar-refractivity contribution in [3.63, 3.8) is 0 Å². The number of hydrogen-bond donors (Lipinski definition) is 1. The van der Waals surface area contributed by atoms with Crippen LogP contribution in [0.4, 0.5) is 0 Å². The topological polar surface area (TPSA) is 39.6 Å². The van der Waals surface area contributed by atoms with E-state index in [0.29, 0.717) is 6.04 Å². The normalized spacial score (nSPS) is 24.1. The molecule has 4 nitrogen and oxygen atoms in total. The lowest BCUT2D eigenvalue weighted by atomic mass is 10.1. The van der Waals surface area contributed by atoms with Gasteiger partial charge in [0, 0.05) is 51.2 Å². The summed E-state index contributed by atoms with van der Waals surface area (Å²) in [6.07, 6.45) is 3.51. The molecule has 1 saturated heterocycles. The second-order valence-electron chi connectivity index (χ2n) is 5.29. The molecule has 1 aliphatic heterocycles. The van der Waals surface area contributed by atoms with Crippen molar-refractivity contribution in [2.75, 3.05) is 26.2 Å². The Morgan fingerprint density at radius 2 is 2.33 bits per heavy atom. The van der Waals surface area contributed by atoms with Crippen molar-refractivity contribution < 1.29 is 5.11 Å². The molecule has 0 radical (unpaired) electrons. The van der Waals surface area contributed by atoms with E-state index in [4.69, 9.17) is 0 Å². The summed E-state index contributed by atoms with van der Waals surface area (Å²) < 4.78 is 0. The zero-order valence-corrected chi connectivity index (χ0v) is 11.3.